The van der Waals surface area contributed by atoms with E-state index in [0.29, 0.717) is 8.58 Å². The Hall–Kier alpha value is -2.56. The fourth-order valence-electron chi connectivity index (χ4n) is 3.76. The maximum atomic E-state index is 11.8. The molecule has 2 aromatic heterocycles. The molecule has 2 unspecified atom stereocenters. The van der Waals surface area contributed by atoms with Crippen LogP contribution in [0.25, 0.3) is 10.8 Å². The Morgan fingerprint density at radius 3 is 2.97 bits per heavy atom. The lowest BCUT2D eigenvalue weighted by Gasteiger charge is -2.28. The Morgan fingerprint density at radius 2 is 2.24 bits per heavy atom. The van der Waals surface area contributed by atoms with Gasteiger partial charge < -0.3 is 10.2 Å². The first-order valence-electron chi connectivity index (χ1n) is 9.89. The van der Waals surface area contributed by atoms with E-state index in [1.54, 1.807) is 4.90 Å². The number of carbonyl (C=O) groups excluding carboxylic acids is 1. The van der Waals surface area contributed by atoms with Crippen LogP contribution in [0.4, 0.5) is 0 Å². The fourth-order valence-corrected chi connectivity index (χ4v) is 4.99. The molecular formula is C22H26N5OP. The summed E-state index contributed by atoms with van der Waals surface area (Å²) in [5, 5.41) is 9.23. The molecule has 2 aliphatic rings. The maximum Gasteiger partial charge on any atom is 0.214 e. The lowest BCUT2D eigenvalue weighted by Crippen LogP contribution is -2.28. The normalized spacial score (nSPS) is 20.4. The molecule has 150 valence electrons. The predicted molar refractivity (Wildman–Crippen MR) is 119 cm³/mol. The molecule has 0 saturated carbocycles. The number of hydrogen-bond acceptors (Lipinski definition) is 4. The lowest BCUT2D eigenvalue weighted by atomic mass is 9.99. The van der Waals surface area contributed by atoms with Crippen LogP contribution in [0.1, 0.15) is 30.4 Å². The van der Waals surface area contributed by atoms with Crippen LogP contribution < -0.4 is 5.32 Å². The van der Waals surface area contributed by atoms with E-state index >= 15 is 0 Å². The minimum atomic E-state index is 0.00976. The van der Waals surface area contributed by atoms with E-state index in [9.17, 15) is 4.79 Å². The standard InChI is InChI=1S/C22H26N5OP/c1-4-21(19-11-20-16(3)24-15(2)12-27(20)25-19)29-22-6-5-18(13-26(22)14-28)17-7-9-23-10-8-17/h4-7,11-14,22-23,29H,8-10H2,1-3H3/b21-4-. The molecule has 4 rings (SSSR count). The van der Waals surface area contributed by atoms with E-state index in [2.05, 4.69) is 40.7 Å². The van der Waals surface area contributed by atoms with Gasteiger partial charge in [-0.2, -0.15) is 5.10 Å². The average molecular weight is 407 g/mol. The zero-order valence-corrected chi connectivity index (χ0v) is 18.0. The van der Waals surface area contributed by atoms with Crippen LogP contribution in [0.2, 0.25) is 0 Å². The van der Waals surface area contributed by atoms with Crippen LogP contribution in [0, 0.1) is 13.8 Å². The molecule has 0 bridgehead atoms. The second-order valence-corrected chi connectivity index (χ2v) is 8.72. The van der Waals surface area contributed by atoms with Gasteiger partial charge in [0.25, 0.3) is 0 Å². The smallest absolute Gasteiger partial charge is 0.214 e. The summed E-state index contributed by atoms with van der Waals surface area (Å²) in [4.78, 5) is 18.1. The second-order valence-electron chi connectivity index (χ2n) is 7.30. The van der Waals surface area contributed by atoms with Gasteiger partial charge in [-0.25, -0.2) is 4.52 Å². The summed E-state index contributed by atoms with van der Waals surface area (Å²) >= 11 is 0. The van der Waals surface area contributed by atoms with Gasteiger partial charge in [-0.1, -0.05) is 32.9 Å². The highest BCUT2D eigenvalue weighted by atomic mass is 31.1. The van der Waals surface area contributed by atoms with E-state index < -0.39 is 0 Å². The van der Waals surface area contributed by atoms with Crippen molar-refractivity contribution in [2.45, 2.75) is 33.0 Å². The molecule has 6 nitrogen and oxygen atoms in total. The first-order valence-corrected chi connectivity index (χ1v) is 11.0. The highest BCUT2D eigenvalue weighted by Gasteiger charge is 2.21. The largest absolute Gasteiger partial charge is 0.313 e. The van der Waals surface area contributed by atoms with Gasteiger partial charge in [0.15, 0.2) is 0 Å². The molecule has 29 heavy (non-hydrogen) atoms. The third-order valence-corrected chi connectivity index (χ3v) is 6.89. The van der Waals surface area contributed by atoms with Gasteiger partial charge in [0.05, 0.1) is 34.6 Å². The number of rotatable bonds is 5. The van der Waals surface area contributed by atoms with Crippen LogP contribution in [0.15, 0.2) is 53.9 Å². The molecule has 0 saturated heterocycles. The monoisotopic (exact) mass is 407 g/mol. The van der Waals surface area contributed by atoms with E-state index in [0.717, 1.165) is 59.4 Å². The number of aryl methyl sites for hydroxylation is 2. The quantitative estimate of drug-likeness (QED) is 0.608. The Labute approximate surface area is 172 Å². The van der Waals surface area contributed by atoms with E-state index in [1.165, 1.54) is 5.57 Å². The molecule has 1 N–H and O–H groups in total. The van der Waals surface area contributed by atoms with Crippen molar-refractivity contribution in [1.29, 1.82) is 0 Å². The van der Waals surface area contributed by atoms with Crippen molar-refractivity contribution in [3.63, 3.8) is 0 Å². The maximum absolute atomic E-state index is 11.8. The van der Waals surface area contributed by atoms with Crippen LogP contribution >= 0.6 is 8.58 Å². The van der Waals surface area contributed by atoms with Crippen molar-refractivity contribution in [3.05, 3.63) is 71.0 Å². The minimum absolute atomic E-state index is 0.00976. The minimum Gasteiger partial charge on any atom is -0.313 e. The molecule has 0 spiro atoms. The Bertz CT molecular complexity index is 1060. The lowest BCUT2D eigenvalue weighted by molar-refractivity contribution is -0.116. The Kier molecular flexibility index (Phi) is 5.74. The van der Waals surface area contributed by atoms with Crippen molar-refractivity contribution in [3.8, 4) is 0 Å². The first kappa shape index (κ1) is 19.7. The summed E-state index contributed by atoms with van der Waals surface area (Å²) in [7, 11) is 0.411. The van der Waals surface area contributed by atoms with E-state index in [4.69, 9.17) is 5.10 Å². The van der Waals surface area contributed by atoms with Crippen LogP contribution in [0.3, 0.4) is 0 Å². The summed E-state index contributed by atoms with van der Waals surface area (Å²) in [6.07, 6.45) is 14.4. The number of amides is 1. The van der Waals surface area contributed by atoms with E-state index in [1.807, 2.05) is 37.7 Å². The Morgan fingerprint density at radius 1 is 1.38 bits per heavy atom. The molecule has 2 aliphatic heterocycles. The van der Waals surface area contributed by atoms with Gasteiger partial charge in [-0.15, -0.1) is 0 Å². The summed E-state index contributed by atoms with van der Waals surface area (Å²) in [6, 6.07) is 2.09. The SMILES string of the molecule is C/C=C(\PC1C=CC(C2=CCNCC2)=CN1C=O)c1cc2c(C)nc(C)cn2n1. The molecule has 0 radical (unpaired) electrons. The molecule has 0 aromatic carbocycles. The number of nitrogens with one attached hydrogen (secondary N) is 1. The van der Waals surface area contributed by atoms with Crippen LogP contribution in [-0.4, -0.2) is 44.8 Å². The summed E-state index contributed by atoms with van der Waals surface area (Å²) < 4.78 is 1.90. The number of nitrogens with zero attached hydrogens (tertiary/aromatic N) is 4. The number of carbonyl (C=O) groups is 1. The highest BCUT2D eigenvalue weighted by Crippen LogP contribution is 2.41. The number of aromatic nitrogens is 3. The van der Waals surface area contributed by atoms with Crippen molar-refractivity contribution < 1.29 is 4.79 Å². The topological polar surface area (TPSA) is 62.5 Å². The van der Waals surface area contributed by atoms with Gasteiger partial charge in [0.2, 0.25) is 6.41 Å². The molecule has 0 aliphatic carbocycles. The van der Waals surface area contributed by atoms with Gasteiger partial charge in [-0.3, -0.25) is 9.78 Å². The number of allylic oxidation sites excluding steroid dienone is 3. The van der Waals surface area contributed by atoms with Crippen LogP contribution in [-0.2, 0) is 4.79 Å². The summed E-state index contributed by atoms with van der Waals surface area (Å²) in [5.74, 6) is 0.00976. The average Bonchev–Trinajstić information content (AvgIpc) is 3.16. The highest BCUT2D eigenvalue weighted by molar-refractivity contribution is 7.51. The second kappa shape index (κ2) is 8.44. The number of fused-ring (bicyclic) bond motifs is 1. The first-order chi connectivity index (χ1) is 14.1. The third kappa shape index (κ3) is 4.09. The van der Waals surface area contributed by atoms with Crippen molar-refractivity contribution in [2.75, 3.05) is 13.1 Å². The summed E-state index contributed by atoms with van der Waals surface area (Å²) in [6.45, 7) is 7.88. The molecule has 1 amide bonds. The van der Waals surface area contributed by atoms with Crippen molar-refractivity contribution in [2.24, 2.45) is 0 Å². The third-order valence-electron chi connectivity index (χ3n) is 5.25. The molecule has 7 heteroatoms. The van der Waals surface area contributed by atoms with Gasteiger partial charge >= 0.3 is 0 Å². The number of hydrogen-bond donors (Lipinski definition) is 1. The van der Waals surface area contributed by atoms with Crippen LogP contribution in [0.5, 0.6) is 0 Å². The predicted octanol–water partition coefficient (Wildman–Crippen LogP) is 3.54. The van der Waals surface area contributed by atoms with Gasteiger partial charge in [-0.05, 0) is 56.3 Å². The zero-order valence-electron chi connectivity index (χ0n) is 17.0. The molecule has 4 heterocycles. The molecule has 0 fully saturated rings. The molecular weight excluding hydrogens is 381 g/mol. The Balaban J connectivity index is 1.57. The fraction of sp³-hybridized carbons (Fsp3) is 0.318. The van der Waals surface area contributed by atoms with Gasteiger partial charge in [0.1, 0.15) is 0 Å². The van der Waals surface area contributed by atoms with Crippen molar-refractivity contribution in [1.82, 2.24) is 24.8 Å². The zero-order chi connectivity index (χ0) is 20.4. The van der Waals surface area contributed by atoms with Gasteiger partial charge in [0, 0.05) is 12.7 Å². The van der Waals surface area contributed by atoms with E-state index in [-0.39, 0.29) is 5.78 Å². The molecule has 2 atom stereocenters. The summed E-state index contributed by atoms with van der Waals surface area (Å²) in [5.41, 5.74) is 6.31. The molecule has 2 aromatic rings. The van der Waals surface area contributed by atoms with Crippen molar-refractivity contribution >= 4 is 25.8 Å².